The van der Waals surface area contributed by atoms with Crippen LogP contribution in [0.5, 0.6) is 5.75 Å². The lowest BCUT2D eigenvalue weighted by Crippen LogP contribution is -2.17. The van der Waals surface area contributed by atoms with E-state index in [4.69, 9.17) is 9.47 Å². The third-order valence-electron chi connectivity index (χ3n) is 4.26. The number of ether oxygens (including phenoxy) is 2. The number of hydrogen-bond acceptors (Lipinski definition) is 5. The van der Waals surface area contributed by atoms with Gasteiger partial charge in [-0.25, -0.2) is 9.97 Å². The number of rotatable bonds is 6. The predicted octanol–water partition coefficient (Wildman–Crippen LogP) is 3.57. The molecule has 1 atom stereocenters. The van der Waals surface area contributed by atoms with Crippen molar-refractivity contribution in [3.8, 4) is 5.75 Å². The Morgan fingerprint density at radius 3 is 2.92 bits per heavy atom. The van der Waals surface area contributed by atoms with E-state index in [9.17, 15) is 0 Å². The molecule has 1 fully saturated rings. The molecule has 5 heteroatoms. The summed E-state index contributed by atoms with van der Waals surface area (Å²) >= 11 is 0. The Hall–Kier alpha value is -2.14. The first kappa shape index (κ1) is 16.7. The molecule has 24 heavy (non-hydrogen) atoms. The summed E-state index contributed by atoms with van der Waals surface area (Å²) < 4.78 is 11.7. The van der Waals surface area contributed by atoms with Crippen LogP contribution >= 0.6 is 0 Å². The van der Waals surface area contributed by atoms with Crippen molar-refractivity contribution in [3.05, 3.63) is 47.0 Å². The van der Waals surface area contributed by atoms with Crippen molar-refractivity contribution < 1.29 is 9.47 Å². The zero-order chi connectivity index (χ0) is 16.9. The quantitative estimate of drug-likeness (QED) is 0.879. The number of anilines is 1. The minimum Gasteiger partial charge on any atom is -0.489 e. The van der Waals surface area contributed by atoms with Crippen LogP contribution < -0.4 is 10.1 Å². The molecule has 0 bridgehead atoms. The topological polar surface area (TPSA) is 56.3 Å². The Morgan fingerprint density at radius 1 is 1.29 bits per heavy atom. The fourth-order valence-corrected chi connectivity index (χ4v) is 2.83. The molecule has 0 unspecified atom stereocenters. The minimum atomic E-state index is 0.214. The van der Waals surface area contributed by atoms with Gasteiger partial charge in [-0.2, -0.15) is 0 Å². The summed E-state index contributed by atoms with van der Waals surface area (Å²) in [6.07, 6.45) is 4.30. The molecule has 0 saturated carbocycles. The van der Waals surface area contributed by atoms with E-state index in [2.05, 4.69) is 40.4 Å². The van der Waals surface area contributed by atoms with E-state index in [0.717, 1.165) is 48.0 Å². The maximum Gasteiger partial charge on any atom is 0.142 e. The molecule has 1 N–H and O–H groups in total. The predicted molar refractivity (Wildman–Crippen MR) is 94.5 cm³/mol. The highest BCUT2D eigenvalue weighted by molar-refractivity contribution is 5.58. The van der Waals surface area contributed by atoms with E-state index in [1.807, 2.05) is 20.0 Å². The lowest BCUT2D eigenvalue weighted by Gasteiger charge is -2.17. The lowest BCUT2D eigenvalue weighted by molar-refractivity contribution is 0.0682. The van der Waals surface area contributed by atoms with Crippen LogP contribution in [0.4, 0.5) is 5.69 Å². The Labute approximate surface area is 143 Å². The Morgan fingerprint density at radius 2 is 2.17 bits per heavy atom. The van der Waals surface area contributed by atoms with Gasteiger partial charge in [0.15, 0.2) is 0 Å². The van der Waals surface area contributed by atoms with Crippen molar-refractivity contribution in [1.82, 2.24) is 9.97 Å². The fraction of sp³-hybridized carbons (Fsp3) is 0.474. The number of hydrogen-bond donors (Lipinski definition) is 1. The normalized spacial score (nSPS) is 17.0. The molecule has 1 aromatic carbocycles. The van der Waals surface area contributed by atoms with Crippen LogP contribution in [0.3, 0.4) is 0 Å². The summed E-state index contributed by atoms with van der Waals surface area (Å²) in [7, 11) is 0. The highest BCUT2D eigenvalue weighted by Gasteiger charge is 2.17. The molecule has 128 valence electrons. The van der Waals surface area contributed by atoms with E-state index in [0.29, 0.717) is 13.2 Å². The summed E-state index contributed by atoms with van der Waals surface area (Å²) in [4.78, 5) is 8.69. The number of nitrogens with zero attached hydrogens (tertiary/aromatic N) is 2. The van der Waals surface area contributed by atoms with Crippen LogP contribution in [0.25, 0.3) is 0 Å². The number of benzene rings is 1. The van der Waals surface area contributed by atoms with Gasteiger partial charge < -0.3 is 14.8 Å². The zero-order valence-electron chi connectivity index (χ0n) is 14.6. The third-order valence-corrected chi connectivity index (χ3v) is 4.26. The summed E-state index contributed by atoms with van der Waals surface area (Å²) in [5, 5.41) is 3.45. The molecule has 0 amide bonds. The second-order valence-corrected chi connectivity index (χ2v) is 6.33. The Balaban J connectivity index is 1.67. The van der Waals surface area contributed by atoms with Crippen LogP contribution in [0.1, 0.15) is 35.5 Å². The third kappa shape index (κ3) is 4.23. The van der Waals surface area contributed by atoms with Crippen molar-refractivity contribution >= 4 is 5.69 Å². The molecule has 1 aliphatic rings. The summed E-state index contributed by atoms with van der Waals surface area (Å²) in [6, 6.07) is 6.21. The van der Waals surface area contributed by atoms with Gasteiger partial charge in [-0.05, 0) is 51.3 Å². The molecule has 5 nitrogen and oxygen atoms in total. The van der Waals surface area contributed by atoms with Gasteiger partial charge in [0.05, 0.1) is 11.8 Å². The van der Waals surface area contributed by atoms with Crippen LogP contribution in [-0.2, 0) is 11.3 Å². The number of aryl methyl sites for hydroxylation is 3. The second kappa shape index (κ2) is 7.62. The maximum atomic E-state index is 6.02. The van der Waals surface area contributed by atoms with E-state index >= 15 is 0 Å². The molecule has 0 aliphatic carbocycles. The molecule has 0 radical (unpaired) electrons. The summed E-state index contributed by atoms with van der Waals surface area (Å²) in [6.45, 7) is 8.10. The van der Waals surface area contributed by atoms with Crippen LogP contribution in [0.15, 0.2) is 24.4 Å². The van der Waals surface area contributed by atoms with E-state index in [-0.39, 0.29) is 6.10 Å². The summed E-state index contributed by atoms with van der Waals surface area (Å²) in [5.41, 5.74) is 4.26. The van der Waals surface area contributed by atoms with Gasteiger partial charge in [-0.3, -0.25) is 0 Å². The van der Waals surface area contributed by atoms with Crippen LogP contribution in [0.2, 0.25) is 0 Å². The van der Waals surface area contributed by atoms with Crippen molar-refractivity contribution in [3.63, 3.8) is 0 Å². The maximum absolute atomic E-state index is 6.02. The van der Waals surface area contributed by atoms with Crippen molar-refractivity contribution in [2.45, 2.75) is 46.3 Å². The smallest absolute Gasteiger partial charge is 0.142 e. The van der Waals surface area contributed by atoms with Gasteiger partial charge in [0.2, 0.25) is 0 Å². The molecule has 2 aromatic rings. The average Bonchev–Trinajstić information content (AvgIpc) is 3.07. The SMILES string of the molecule is Cc1ccc(NCc2cnc(C)nc2C)c(OC[C@H]2CCCO2)c1. The van der Waals surface area contributed by atoms with Crippen molar-refractivity contribution in [2.24, 2.45) is 0 Å². The molecular formula is C19H25N3O2. The largest absolute Gasteiger partial charge is 0.489 e. The van der Waals surface area contributed by atoms with Crippen LogP contribution in [0, 0.1) is 20.8 Å². The number of nitrogens with one attached hydrogen (secondary N) is 1. The molecule has 1 saturated heterocycles. The van der Waals surface area contributed by atoms with E-state index in [1.54, 1.807) is 0 Å². The average molecular weight is 327 g/mol. The van der Waals surface area contributed by atoms with E-state index in [1.165, 1.54) is 5.56 Å². The van der Waals surface area contributed by atoms with E-state index < -0.39 is 0 Å². The summed E-state index contributed by atoms with van der Waals surface area (Å²) in [5.74, 6) is 1.67. The van der Waals surface area contributed by atoms with Gasteiger partial charge in [0.1, 0.15) is 18.2 Å². The second-order valence-electron chi connectivity index (χ2n) is 6.33. The molecule has 3 rings (SSSR count). The Bertz CT molecular complexity index is 697. The zero-order valence-corrected chi connectivity index (χ0v) is 14.6. The van der Waals surface area contributed by atoms with Gasteiger partial charge >= 0.3 is 0 Å². The highest BCUT2D eigenvalue weighted by atomic mass is 16.5. The molecule has 0 spiro atoms. The first-order valence-corrected chi connectivity index (χ1v) is 8.50. The monoisotopic (exact) mass is 327 g/mol. The van der Waals surface area contributed by atoms with Crippen molar-refractivity contribution in [2.75, 3.05) is 18.5 Å². The molecule has 2 heterocycles. The van der Waals surface area contributed by atoms with Crippen LogP contribution in [-0.4, -0.2) is 29.3 Å². The number of aromatic nitrogens is 2. The fourth-order valence-electron chi connectivity index (χ4n) is 2.83. The van der Waals surface area contributed by atoms with Gasteiger partial charge in [-0.15, -0.1) is 0 Å². The molecule has 1 aliphatic heterocycles. The van der Waals surface area contributed by atoms with Crippen molar-refractivity contribution in [1.29, 1.82) is 0 Å². The standard InChI is InChI=1S/C19H25N3O2/c1-13-6-7-18(19(9-13)24-12-17-5-4-8-23-17)21-11-16-10-20-15(3)22-14(16)2/h6-7,9-10,17,21H,4-5,8,11-12H2,1-3H3/t17-/m1/s1. The molecule has 1 aromatic heterocycles. The Kier molecular flexibility index (Phi) is 5.30. The van der Waals surface area contributed by atoms with Gasteiger partial charge in [0.25, 0.3) is 0 Å². The first-order valence-electron chi connectivity index (χ1n) is 8.50. The molecular weight excluding hydrogens is 302 g/mol. The first-order chi connectivity index (χ1) is 11.6. The van der Waals surface area contributed by atoms with Gasteiger partial charge in [-0.1, -0.05) is 6.07 Å². The lowest BCUT2D eigenvalue weighted by atomic mass is 10.2. The van der Waals surface area contributed by atoms with Gasteiger partial charge in [0, 0.05) is 30.6 Å². The highest BCUT2D eigenvalue weighted by Crippen LogP contribution is 2.27. The minimum absolute atomic E-state index is 0.214.